The molecule has 4 nitrogen and oxygen atoms in total. The van der Waals surface area contributed by atoms with Gasteiger partial charge in [0.1, 0.15) is 18.1 Å². The summed E-state index contributed by atoms with van der Waals surface area (Å²) < 4.78 is 11.9. The maximum Gasteiger partial charge on any atom is 0.253 e. The zero-order valence-electron chi connectivity index (χ0n) is 20.5. The van der Waals surface area contributed by atoms with Gasteiger partial charge in [-0.05, 0) is 93.0 Å². The van der Waals surface area contributed by atoms with Crippen molar-refractivity contribution in [3.05, 3.63) is 94.5 Å². The highest BCUT2D eigenvalue weighted by Crippen LogP contribution is 2.27. The third kappa shape index (κ3) is 6.19. The molecule has 1 amide bonds. The third-order valence-corrected chi connectivity index (χ3v) is 6.47. The molecule has 178 valence electrons. The monoisotopic (exact) mass is 457 g/mol. The van der Waals surface area contributed by atoms with E-state index in [0.717, 1.165) is 49.4 Å². The smallest absolute Gasteiger partial charge is 0.253 e. The number of ether oxygens (including phenoxy) is 2. The Morgan fingerprint density at radius 1 is 0.912 bits per heavy atom. The first kappa shape index (κ1) is 23.9. The molecule has 3 aromatic carbocycles. The van der Waals surface area contributed by atoms with Gasteiger partial charge in [-0.1, -0.05) is 36.4 Å². The van der Waals surface area contributed by atoms with E-state index >= 15 is 0 Å². The molecule has 0 aliphatic carbocycles. The Morgan fingerprint density at radius 2 is 1.62 bits per heavy atom. The number of carbonyl (C=O) groups is 1. The Morgan fingerprint density at radius 3 is 2.29 bits per heavy atom. The summed E-state index contributed by atoms with van der Waals surface area (Å²) in [7, 11) is 0. The van der Waals surface area contributed by atoms with Crippen molar-refractivity contribution in [1.29, 1.82) is 0 Å². The van der Waals surface area contributed by atoms with Crippen LogP contribution < -0.4 is 9.47 Å². The van der Waals surface area contributed by atoms with E-state index in [9.17, 15) is 4.79 Å². The fourth-order valence-corrected chi connectivity index (χ4v) is 4.77. The summed E-state index contributed by atoms with van der Waals surface area (Å²) in [5, 5.41) is 0. The van der Waals surface area contributed by atoms with Gasteiger partial charge in [-0.2, -0.15) is 0 Å². The molecule has 1 aliphatic rings. The van der Waals surface area contributed by atoms with Crippen LogP contribution in [0.3, 0.4) is 0 Å². The lowest BCUT2D eigenvalue weighted by molar-refractivity contribution is 0.0690. The van der Waals surface area contributed by atoms with Gasteiger partial charge in [0, 0.05) is 24.2 Å². The van der Waals surface area contributed by atoms with Gasteiger partial charge < -0.3 is 14.4 Å². The molecule has 0 bridgehead atoms. The van der Waals surface area contributed by atoms with Crippen molar-refractivity contribution in [2.24, 2.45) is 5.92 Å². The van der Waals surface area contributed by atoms with Crippen LogP contribution in [-0.4, -0.2) is 30.5 Å². The van der Waals surface area contributed by atoms with Gasteiger partial charge in [-0.15, -0.1) is 0 Å². The zero-order valence-corrected chi connectivity index (χ0v) is 20.5. The second-order valence-corrected chi connectivity index (χ2v) is 9.29. The van der Waals surface area contributed by atoms with Crippen LogP contribution >= 0.6 is 0 Å². The van der Waals surface area contributed by atoms with Crippen molar-refractivity contribution in [2.45, 2.75) is 46.6 Å². The Hall–Kier alpha value is -3.27. The van der Waals surface area contributed by atoms with Crippen molar-refractivity contribution in [3.63, 3.8) is 0 Å². The average Bonchev–Trinajstić information content (AvgIpc) is 2.84. The number of rotatable bonds is 8. The van der Waals surface area contributed by atoms with Gasteiger partial charge in [0.15, 0.2) is 0 Å². The maximum absolute atomic E-state index is 13.3. The number of nitrogens with zero attached hydrogens (tertiary/aromatic N) is 1. The summed E-state index contributed by atoms with van der Waals surface area (Å²) >= 11 is 0. The van der Waals surface area contributed by atoms with Crippen LogP contribution in [0.25, 0.3) is 0 Å². The molecule has 4 rings (SSSR count). The van der Waals surface area contributed by atoms with E-state index in [0.29, 0.717) is 24.7 Å². The van der Waals surface area contributed by atoms with Crippen LogP contribution in [0.5, 0.6) is 11.5 Å². The van der Waals surface area contributed by atoms with Crippen molar-refractivity contribution in [2.75, 3.05) is 19.7 Å². The molecule has 0 atom stereocenters. The highest BCUT2D eigenvalue weighted by Gasteiger charge is 2.24. The molecule has 1 fully saturated rings. The largest absolute Gasteiger partial charge is 0.493 e. The molecular weight excluding hydrogens is 422 g/mol. The van der Waals surface area contributed by atoms with E-state index in [1.165, 1.54) is 16.7 Å². The van der Waals surface area contributed by atoms with Gasteiger partial charge in [0.2, 0.25) is 0 Å². The van der Waals surface area contributed by atoms with E-state index in [4.69, 9.17) is 9.47 Å². The second-order valence-electron chi connectivity index (χ2n) is 9.29. The van der Waals surface area contributed by atoms with E-state index < -0.39 is 0 Å². The highest BCUT2D eigenvalue weighted by molar-refractivity contribution is 5.94. The fraction of sp³-hybridized carbons (Fsp3) is 0.367. The Kier molecular flexibility index (Phi) is 7.89. The normalized spacial score (nSPS) is 14.1. The van der Waals surface area contributed by atoms with Gasteiger partial charge in [0.25, 0.3) is 5.91 Å². The topological polar surface area (TPSA) is 38.8 Å². The van der Waals surface area contributed by atoms with Crippen LogP contribution in [0, 0.1) is 19.8 Å². The summed E-state index contributed by atoms with van der Waals surface area (Å²) in [6.07, 6.45) is 3.17. The standard InChI is InChI=1S/C30H35NO3/c1-4-33-29-11-10-26(20-27(29)21-34-28-17-22(2)16-23(3)18-28)30(32)31-14-12-25(13-15-31)19-24-8-6-5-7-9-24/h5-11,16-18,20,25H,4,12-15,19,21H2,1-3H3. The Labute approximate surface area is 203 Å². The second kappa shape index (κ2) is 11.2. The summed E-state index contributed by atoms with van der Waals surface area (Å²) in [4.78, 5) is 15.3. The number of benzene rings is 3. The summed E-state index contributed by atoms with van der Waals surface area (Å²) in [6.45, 7) is 8.63. The van der Waals surface area contributed by atoms with Crippen LogP contribution in [0.15, 0.2) is 66.7 Å². The SMILES string of the molecule is CCOc1ccc(C(=O)N2CCC(Cc3ccccc3)CC2)cc1COc1cc(C)cc(C)c1. The maximum atomic E-state index is 13.3. The number of aryl methyl sites for hydroxylation is 2. The van der Waals surface area contributed by atoms with Crippen molar-refractivity contribution >= 4 is 5.91 Å². The first-order chi connectivity index (χ1) is 16.5. The number of hydrogen-bond donors (Lipinski definition) is 0. The molecule has 0 saturated carbocycles. The van der Waals surface area contributed by atoms with E-state index in [2.05, 4.69) is 50.2 Å². The van der Waals surface area contributed by atoms with E-state index in [1.807, 2.05) is 42.2 Å². The molecule has 0 spiro atoms. The molecule has 34 heavy (non-hydrogen) atoms. The van der Waals surface area contributed by atoms with Crippen molar-refractivity contribution in [3.8, 4) is 11.5 Å². The van der Waals surface area contributed by atoms with Gasteiger partial charge in [-0.3, -0.25) is 4.79 Å². The van der Waals surface area contributed by atoms with E-state index in [-0.39, 0.29) is 5.91 Å². The predicted octanol–water partition coefficient (Wildman–Crippen LogP) is 6.38. The molecule has 1 heterocycles. The van der Waals surface area contributed by atoms with Gasteiger partial charge >= 0.3 is 0 Å². The minimum Gasteiger partial charge on any atom is -0.493 e. The third-order valence-electron chi connectivity index (χ3n) is 6.47. The molecule has 0 aromatic heterocycles. The molecule has 0 radical (unpaired) electrons. The first-order valence-electron chi connectivity index (χ1n) is 12.3. The van der Waals surface area contributed by atoms with E-state index in [1.54, 1.807) is 0 Å². The molecule has 1 saturated heterocycles. The van der Waals surface area contributed by atoms with Gasteiger partial charge in [-0.25, -0.2) is 0 Å². The van der Waals surface area contributed by atoms with Crippen LogP contribution in [0.4, 0.5) is 0 Å². The van der Waals surface area contributed by atoms with Crippen molar-refractivity contribution < 1.29 is 14.3 Å². The lowest BCUT2D eigenvalue weighted by Gasteiger charge is -2.32. The van der Waals surface area contributed by atoms with Crippen molar-refractivity contribution in [1.82, 2.24) is 4.90 Å². The minimum atomic E-state index is 0.0915. The molecule has 4 heteroatoms. The summed E-state index contributed by atoms with van der Waals surface area (Å²) in [5.74, 6) is 2.32. The number of piperidine rings is 1. The van der Waals surface area contributed by atoms with Crippen LogP contribution in [0.1, 0.15) is 52.4 Å². The van der Waals surface area contributed by atoms with Crippen LogP contribution in [-0.2, 0) is 13.0 Å². The summed E-state index contributed by atoms with van der Waals surface area (Å²) in [5.41, 5.74) is 5.31. The van der Waals surface area contributed by atoms with Gasteiger partial charge in [0.05, 0.1) is 6.61 Å². The summed E-state index contributed by atoms with van der Waals surface area (Å²) in [6, 6.07) is 22.5. The zero-order chi connectivity index (χ0) is 23.9. The molecular formula is C30H35NO3. The Bertz CT molecular complexity index is 1080. The number of carbonyl (C=O) groups excluding carboxylic acids is 1. The fourth-order valence-electron chi connectivity index (χ4n) is 4.77. The lowest BCUT2D eigenvalue weighted by atomic mass is 9.90. The molecule has 0 N–H and O–H groups in total. The average molecular weight is 458 g/mol. The molecule has 1 aliphatic heterocycles. The minimum absolute atomic E-state index is 0.0915. The van der Waals surface area contributed by atoms with Crippen LogP contribution in [0.2, 0.25) is 0 Å². The number of hydrogen-bond acceptors (Lipinski definition) is 3. The predicted molar refractivity (Wildman–Crippen MR) is 137 cm³/mol. The molecule has 3 aromatic rings. The number of likely N-dealkylation sites (tertiary alicyclic amines) is 1. The Balaban J connectivity index is 1.41. The quantitative estimate of drug-likeness (QED) is 0.394. The molecule has 0 unspecified atom stereocenters. The first-order valence-corrected chi connectivity index (χ1v) is 12.3. The lowest BCUT2D eigenvalue weighted by Crippen LogP contribution is -2.39. The highest BCUT2D eigenvalue weighted by atomic mass is 16.5. The number of amides is 1.